The zero-order valence-electron chi connectivity index (χ0n) is 12.1. The van der Waals surface area contributed by atoms with Crippen molar-refractivity contribution in [2.75, 3.05) is 25.2 Å². The van der Waals surface area contributed by atoms with Crippen LogP contribution in [0.25, 0.3) is 0 Å². The molecule has 1 atom stereocenters. The van der Waals surface area contributed by atoms with Crippen LogP contribution in [0.2, 0.25) is 0 Å². The zero-order chi connectivity index (χ0) is 13.5. The maximum atomic E-state index is 5.79. The Morgan fingerprint density at radius 2 is 2.32 bits per heavy atom. The van der Waals surface area contributed by atoms with Gasteiger partial charge in [-0.2, -0.15) is 11.8 Å². The van der Waals surface area contributed by atoms with Crippen LogP contribution in [0, 0.1) is 0 Å². The first-order chi connectivity index (χ1) is 9.35. The summed E-state index contributed by atoms with van der Waals surface area (Å²) in [5.41, 5.74) is 2.96. The highest BCUT2D eigenvalue weighted by molar-refractivity contribution is 7.98. The number of fused-ring (bicyclic) bond motifs is 1. The molecular formula is C16H25NOS. The fourth-order valence-electron chi connectivity index (χ4n) is 2.65. The first kappa shape index (κ1) is 14.7. The van der Waals surface area contributed by atoms with Crippen molar-refractivity contribution in [3.05, 3.63) is 29.3 Å². The number of hydrogen-bond acceptors (Lipinski definition) is 3. The number of nitrogens with one attached hydrogen (secondary N) is 1. The SMILES string of the molecule is CCCNC1CCCc2cc(OCCSC)ccc21. The molecule has 1 unspecified atom stereocenters. The highest BCUT2D eigenvalue weighted by Gasteiger charge is 2.19. The summed E-state index contributed by atoms with van der Waals surface area (Å²) in [6.07, 6.45) is 7.05. The topological polar surface area (TPSA) is 21.3 Å². The molecule has 1 aromatic carbocycles. The third-order valence-electron chi connectivity index (χ3n) is 3.63. The van der Waals surface area contributed by atoms with Crippen LogP contribution in [0.4, 0.5) is 0 Å². The van der Waals surface area contributed by atoms with Gasteiger partial charge in [0.15, 0.2) is 0 Å². The molecule has 0 spiro atoms. The molecule has 0 fully saturated rings. The first-order valence-corrected chi connectivity index (χ1v) is 8.72. The van der Waals surface area contributed by atoms with Crippen LogP contribution in [0.1, 0.15) is 43.4 Å². The van der Waals surface area contributed by atoms with E-state index in [-0.39, 0.29) is 0 Å². The van der Waals surface area contributed by atoms with Gasteiger partial charge in [-0.3, -0.25) is 0 Å². The molecular weight excluding hydrogens is 254 g/mol. The number of hydrogen-bond donors (Lipinski definition) is 1. The average molecular weight is 279 g/mol. The van der Waals surface area contributed by atoms with E-state index in [4.69, 9.17) is 4.74 Å². The number of thioether (sulfide) groups is 1. The molecule has 0 saturated heterocycles. The van der Waals surface area contributed by atoms with Gasteiger partial charge < -0.3 is 10.1 Å². The molecule has 1 aromatic rings. The van der Waals surface area contributed by atoms with Crippen molar-refractivity contribution < 1.29 is 4.74 Å². The molecule has 1 aliphatic carbocycles. The lowest BCUT2D eigenvalue weighted by molar-refractivity contribution is 0.342. The van der Waals surface area contributed by atoms with Crippen molar-refractivity contribution in [1.82, 2.24) is 5.32 Å². The summed E-state index contributed by atoms with van der Waals surface area (Å²) in [7, 11) is 0. The Labute approximate surface area is 121 Å². The van der Waals surface area contributed by atoms with Crippen LogP contribution in [0.15, 0.2) is 18.2 Å². The molecule has 2 nitrogen and oxygen atoms in total. The van der Waals surface area contributed by atoms with Gasteiger partial charge in [0.25, 0.3) is 0 Å². The van der Waals surface area contributed by atoms with E-state index < -0.39 is 0 Å². The second kappa shape index (κ2) is 7.81. The van der Waals surface area contributed by atoms with Crippen LogP contribution >= 0.6 is 11.8 Å². The molecule has 2 rings (SSSR count). The summed E-state index contributed by atoms with van der Waals surface area (Å²) < 4.78 is 5.79. The molecule has 0 heterocycles. The van der Waals surface area contributed by atoms with Crippen molar-refractivity contribution >= 4 is 11.8 Å². The second-order valence-corrected chi connectivity index (χ2v) is 6.09. The second-order valence-electron chi connectivity index (χ2n) is 5.10. The van der Waals surface area contributed by atoms with Crippen molar-refractivity contribution in [2.24, 2.45) is 0 Å². The number of benzene rings is 1. The lowest BCUT2D eigenvalue weighted by Crippen LogP contribution is -2.25. The average Bonchev–Trinajstić information content (AvgIpc) is 2.45. The molecule has 106 valence electrons. The molecule has 0 aliphatic heterocycles. The summed E-state index contributed by atoms with van der Waals surface area (Å²) in [4.78, 5) is 0. The molecule has 0 radical (unpaired) electrons. The molecule has 0 bridgehead atoms. The van der Waals surface area contributed by atoms with E-state index in [0.29, 0.717) is 6.04 Å². The lowest BCUT2D eigenvalue weighted by Gasteiger charge is -2.27. The fraction of sp³-hybridized carbons (Fsp3) is 0.625. The van der Waals surface area contributed by atoms with E-state index in [0.717, 1.165) is 24.7 Å². The van der Waals surface area contributed by atoms with Crippen LogP contribution in [-0.4, -0.2) is 25.2 Å². The highest BCUT2D eigenvalue weighted by Crippen LogP contribution is 2.32. The Morgan fingerprint density at radius 3 is 3.11 bits per heavy atom. The summed E-state index contributed by atoms with van der Waals surface area (Å²) in [5.74, 6) is 2.08. The van der Waals surface area contributed by atoms with Gasteiger partial charge >= 0.3 is 0 Å². The van der Waals surface area contributed by atoms with E-state index in [1.165, 1.54) is 36.8 Å². The Balaban J connectivity index is 2.02. The smallest absolute Gasteiger partial charge is 0.119 e. The summed E-state index contributed by atoms with van der Waals surface area (Å²) in [5, 5.41) is 3.66. The van der Waals surface area contributed by atoms with Gasteiger partial charge in [0, 0.05) is 11.8 Å². The fourth-order valence-corrected chi connectivity index (χ4v) is 2.90. The highest BCUT2D eigenvalue weighted by atomic mass is 32.2. The van der Waals surface area contributed by atoms with Crippen molar-refractivity contribution in [3.8, 4) is 5.75 Å². The Bertz CT molecular complexity index is 394. The molecule has 1 N–H and O–H groups in total. The maximum Gasteiger partial charge on any atom is 0.119 e. The first-order valence-electron chi connectivity index (χ1n) is 7.33. The lowest BCUT2D eigenvalue weighted by atomic mass is 9.87. The van der Waals surface area contributed by atoms with E-state index in [9.17, 15) is 0 Å². The standard InChI is InChI=1S/C16H25NOS/c1-3-9-17-16-6-4-5-13-12-14(7-8-15(13)16)18-10-11-19-2/h7-8,12,16-17H,3-6,9-11H2,1-2H3. The van der Waals surface area contributed by atoms with Crippen LogP contribution in [0.3, 0.4) is 0 Å². The predicted molar refractivity (Wildman–Crippen MR) is 84.3 cm³/mol. The van der Waals surface area contributed by atoms with Crippen LogP contribution in [-0.2, 0) is 6.42 Å². The number of rotatable bonds is 7. The van der Waals surface area contributed by atoms with Gasteiger partial charge in [-0.25, -0.2) is 0 Å². The Hall–Kier alpha value is -0.670. The minimum Gasteiger partial charge on any atom is -0.493 e. The van der Waals surface area contributed by atoms with Crippen LogP contribution in [0.5, 0.6) is 5.75 Å². The summed E-state index contributed by atoms with van der Waals surface area (Å²) in [6.45, 7) is 4.13. The van der Waals surface area contributed by atoms with Crippen LogP contribution < -0.4 is 10.1 Å². The van der Waals surface area contributed by atoms with Crippen molar-refractivity contribution in [2.45, 2.75) is 38.6 Å². The zero-order valence-corrected chi connectivity index (χ0v) is 12.9. The van der Waals surface area contributed by atoms with Crippen molar-refractivity contribution in [1.29, 1.82) is 0 Å². The summed E-state index contributed by atoms with van der Waals surface area (Å²) >= 11 is 1.82. The van der Waals surface area contributed by atoms with Gasteiger partial charge in [-0.1, -0.05) is 13.0 Å². The minimum atomic E-state index is 0.545. The van der Waals surface area contributed by atoms with Gasteiger partial charge in [-0.05, 0) is 61.7 Å². The predicted octanol–water partition coefficient (Wildman–Crippen LogP) is 3.81. The van der Waals surface area contributed by atoms with Gasteiger partial charge in [0.2, 0.25) is 0 Å². The third kappa shape index (κ3) is 4.15. The van der Waals surface area contributed by atoms with E-state index in [1.807, 2.05) is 11.8 Å². The van der Waals surface area contributed by atoms with E-state index in [2.05, 4.69) is 36.7 Å². The normalized spacial score (nSPS) is 18.1. The van der Waals surface area contributed by atoms with Gasteiger partial charge in [0.05, 0.1) is 6.61 Å². The maximum absolute atomic E-state index is 5.79. The molecule has 3 heteroatoms. The Morgan fingerprint density at radius 1 is 1.42 bits per heavy atom. The third-order valence-corrected chi connectivity index (χ3v) is 4.20. The largest absolute Gasteiger partial charge is 0.493 e. The monoisotopic (exact) mass is 279 g/mol. The molecule has 0 saturated carbocycles. The van der Waals surface area contributed by atoms with Gasteiger partial charge in [-0.15, -0.1) is 0 Å². The molecule has 1 aliphatic rings. The van der Waals surface area contributed by atoms with Crippen molar-refractivity contribution in [3.63, 3.8) is 0 Å². The quantitative estimate of drug-likeness (QED) is 0.767. The number of ether oxygens (including phenoxy) is 1. The summed E-state index contributed by atoms with van der Waals surface area (Å²) in [6, 6.07) is 7.18. The molecule has 0 aromatic heterocycles. The van der Waals surface area contributed by atoms with E-state index >= 15 is 0 Å². The van der Waals surface area contributed by atoms with Gasteiger partial charge in [0.1, 0.15) is 5.75 Å². The minimum absolute atomic E-state index is 0.545. The molecule has 0 amide bonds. The number of aryl methyl sites for hydroxylation is 1. The Kier molecular flexibility index (Phi) is 6.05. The molecule has 19 heavy (non-hydrogen) atoms. The van der Waals surface area contributed by atoms with E-state index in [1.54, 1.807) is 0 Å².